The van der Waals surface area contributed by atoms with Gasteiger partial charge in [0.05, 0.1) is 23.3 Å². The molecule has 1 aliphatic heterocycles. The maximum atomic E-state index is 13.1. The van der Waals surface area contributed by atoms with Crippen LogP contribution in [-0.2, 0) is 10.0 Å². The molecule has 162 valence electrons. The molecule has 2 aromatic rings. The number of amides is 1. The molecule has 1 N–H and O–H groups in total. The third-order valence-corrected chi connectivity index (χ3v) is 6.87. The van der Waals surface area contributed by atoms with Gasteiger partial charge in [0, 0.05) is 13.1 Å². The zero-order chi connectivity index (χ0) is 21.9. The van der Waals surface area contributed by atoms with Crippen LogP contribution < -0.4 is 9.46 Å². The fraction of sp³-hybridized carbons (Fsp3) is 0.435. The minimum atomic E-state index is -3.87. The fourth-order valence-electron chi connectivity index (χ4n) is 4.00. The summed E-state index contributed by atoms with van der Waals surface area (Å²) < 4.78 is 34.3. The van der Waals surface area contributed by atoms with Gasteiger partial charge in [-0.1, -0.05) is 30.5 Å². The Balaban J connectivity index is 1.96. The monoisotopic (exact) mass is 430 g/mol. The van der Waals surface area contributed by atoms with Gasteiger partial charge in [0.25, 0.3) is 15.9 Å². The van der Waals surface area contributed by atoms with E-state index < -0.39 is 10.0 Å². The number of methoxy groups -OCH3 is 1. The SMILES string of the molecule is COc1ccc(S(=O)(=O)Nc2c(C)cc(C)cc2C)cc1C(=O)N1CCCCCC1. The molecule has 0 aliphatic carbocycles. The van der Waals surface area contributed by atoms with Gasteiger partial charge in [0.2, 0.25) is 0 Å². The predicted molar refractivity (Wildman–Crippen MR) is 119 cm³/mol. The van der Waals surface area contributed by atoms with E-state index in [1.54, 1.807) is 11.0 Å². The van der Waals surface area contributed by atoms with E-state index in [0.29, 0.717) is 24.5 Å². The van der Waals surface area contributed by atoms with Crippen molar-refractivity contribution >= 4 is 21.6 Å². The topological polar surface area (TPSA) is 75.7 Å². The van der Waals surface area contributed by atoms with Crippen molar-refractivity contribution in [3.8, 4) is 5.75 Å². The van der Waals surface area contributed by atoms with E-state index in [9.17, 15) is 13.2 Å². The van der Waals surface area contributed by atoms with Gasteiger partial charge in [-0.3, -0.25) is 9.52 Å². The maximum Gasteiger partial charge on any atom is 0.261 e. The van der Waals surface area contributed by atoms with Crippen molar-refractivity contribution in [1.29, 1.82) is 0 Å². The molecule has 1 saturated heterocycles. The number of benzene rings is 2. The summed E-state index contributed by atoms with van der Waals surface area (Å²) in [5.41, 5.74) is 3.62. The molecular weight excluding hydrogens is 400 g/mol. The molecule has 3 rings (SSSR count). The summed E-state index contributed by atoms with van der Waals surface area (Å²) in [5.74, 6) is 0.194. The second kappa shape index (κ2) is 9.08. The number of rotatable bonds is 5. The smallest absolute Gasteiger partial charge is 0.261 e. The molecule has 0 bridgehead atoms. The minimum Gasteiger partial charge on any atom is -0.496 e. The highest BCUT2D eigenvalue weighted by Gasteiger charge is 2.24. The van der Waals surface area contributed by atoms with E-state index in [1.165, 1.54) is 19.2 Å². The number of sulfonamides is 1. The van der Waals surface area contributed by atoms with Crippen molar-refractivity contribution in [2.75, 3.05) is 24.9 Å². The molecule has 0 unspecified atom stereocenters. The molecular formula is C23H30N2O4S. The summed E-state index contributed by atoms with van der Waals surface area (Å²) in [4.78, 5) is 15.0. The lowest BCUT2D eigenvalue weighted by Crippen LogP contribution is -2.32. The van der Waals surface area contributed by atoms with E-state index >= 15 is 0 Å². The van der Waals surface area contributed by atoms with Crippen molar-refractivity contribution in [2.24, 2.45) is 0 Å². The quantitative estimate of drug-likeness (QED) is 0.761. The number of aryl methyl sites for hydroxylation is 3. The van der Waals surface area contributed by atoms with Crippen LogP contribution in [0, 0.1) is 20.8 Å². The van der Waals surface area contributed by atoms with Gasteiger partial charge < -0.3 is 9.64 Å². The normalized spacial score (nSPS) is 14.9. The molecule has 0 aromatic heterocycles. The largest absolute Gasteiger partial charge is 0.496 e. The number of nitrogens with one attached hydrogen (secondary N) is 1. The van der Waals surface area contributed by atoms with Crippen LogP contribution in [0.15, 0.2) is 35.2 Å². The number of anilines is 1. The van der Waals surface area contributed by atoms with Crippen molar-refractivity contribution in [3.05, 3.63) is 52.6 Å². The van der Waals surface area contributed by atoms with Crippen LogP contribution >= 0.6 is 0 Å². The number of ether oxygens (including phenoxy) is 1. The molecule has 0 atom stereocenters. The first kappa shape index (κ1) is 22.2. The van der Waals surface area contributed by atoms with Gasteiger partial charge in [-0.05, 0) is 62.9 Å². The Morgan fingerprint density at radius 2 is 1.57 bits per heavy atom. The van der Waals surface area contributed by atoms with Crippen molar-refractivity contribution in [3.63, 3.8) is 0 Å². The molecule has 1 aliphatic rings. The average molecular weight is 431 g/mol. The molecule has 2 aromatic carbocycles. The number of carbonyl (C=O) groups excluding carboxylic acids is 1. The summed E-state index contributed by atoms with van der Waals surface area (Å²) in [5, 5.41) is 0. The maximum absolute atomic E-state index is 13.1. The molecule has 6 nitrogen and oxygen atoms in total. The molecule has 30 heavy (non-hydrogen) atoms. The number of likely N-dealkylation sites (tertiary alicyclic amines) is 1. The Hall–Kier alpha value is -2.54. The van der Waals surface area contributed by atoms with Gasteiger partial charge in [-0.2, -0.15) is 0 Å². The number of hydrogen-bond acceptors (Lipinski definition) is 4. The van der Waals surface area contributed by atoms with Gasteiger partial charge in [-0.25, -0.2) is 8.42 Å². The van der Waals surface area contributed by atoms with Crippen molar-refractivity contribution < 1.29 is 17.9 Å². The second-order valence-electron chi connectivity index (χ2n) is 7.95. The lowest BCUT2D eigenvalue weighted by molar-refractivity contribution is 0.0758. The lowest BCUT2D eigenvalue weighted by atomic mass is 10.1. The highest BCUT2D eigenvalue weighted by atomic mass is 32.2. The molecule has 0 radical (unpaired) electrons. The fourth-order valence-corrected chi connectivity index (χ4v) is 5.23. The van der Waals surface area contributed by atoms with Gasteiger partial charge in [0.15, 0.2) is 0 Å². The van der Waals surface area contributed by atoms with Crippen LogP contribution in [0.1, 0.15) is 52.7 Å². The van der Waals surface area contributed by atoms with Crippen molar-refractivity contribution in [1.82, 2.24) is 4.90 Å². The number of hydrogen-bond donors (Lipinski definition) is 1. The summed E-state index contributed by atoms with van der Waals surface area (Å²) >= 11 is 0. The van der Waals surface area contributed by atoms with E-state index in [-0.39, 0.29) is 16.4 Å². The number of carbonyl (C=O) groups is 1. The van der Waals surface area contributed by atoms with Crippen LogP contribution in [0.3, 0.4) is 0 Å². The molecule has 1 heterocycles. The zero-order valence-electron chi connectivity index (χ0n) is 18.1. The molecule has 7 heteroatoms. The minimum absolute atomic E-state index is 0.0425. The van der Waals surface area contributed by atoms with E-state index in [2.05, 4.69) is 4.72 Å². The lowest BCUT2D eigenvalue weighted by Gasteiger charge is -2.22. The molecule has 1 amide bonds. The number of nitrogens with zero attached hydrogens (tertiary/aromatic N) is 1. The summed E-state index contributed by atoms with van der Waals surface area (Å²) in [6.45, 7) is 7.08. The van der Waals surface area contributed by atoms with Crippen LogP contribution in [0.25, 0.3) is 0 Å². The summed E-state index contributed by atoms with van der Waals surface area (Å²) in [6.07, 6.45) is 4.13. The summed E-state index contributed by atoms with van der Waals surface area (Å²) in [6, 6.07) is 8.32. The highest BCUT2D eigenvalue weighted by Crippen LogP contribution is 2.28. The molecule has 0 saturated carbocycles. The standard InChI is InChI=1S/C23H30N2O4S/c1-16-13-17(2)22(18(3)14-16)24-30(27,28)19-9-10-21(29-4)20(15-19)23(26)25-11-7-5-6-8-12-25/h9-10,13-15,24H,5-8,11-12H2,1-4H3. The Morgan fingerprint density at radius 1 is 0.967 bits per heavy atom. The average Bonchev–Trinajstić information content (AvgIpc) is 2.99. The van der Waals surface area contributed by atoms with E-state index in [0.717, 1.165) is 42.4 Å². The first-order valence-corrected chi connectivity index (χ1v) is 11.8. The van der Waals surface area contributed by atoms with Gasteiger partial charge in [0.1, 0.15) is 5.75 Å². The molecule has 1 fully saturated rings. The molecule has 0 spiro atoms. The Labute approximate surface area is 179 Å². The third kappa shape index (κ3) is 4.78. The zero-order valence-corrected chi connectivity index (χ0v) is 18.9. The Morgan fingerprint density at radius 3 is 2.13 bits per heavy atom. The van der Waals surface area contributed by atoms with Gasteiger partial charge in [-0.15, -0.1) is 0 Å². The van der Waals surface area contributed by atoms with Gasteiger partial charge >= 0.3 is 0 Å². The van der Waals surface area contributed by atoms with E-state index in [4.69, 9.17) is 4.74 Å². The van der Waals surface area contributed by atoms with Crippen LogP contribution in [0.5, 0.6) is 5.75 Å². The first-order valence-electron chi connectivity index (χ1n) is 10.3. The Bertz CT molecular complexity index is 1020. The first-order chi connectivity index (χ1) is 14.2. The van der Waals surface area contributed by atoms with E-state index in [1.807, 2.05) is 32.9 Å². The summed E-state index contributed by atoms with van der Waals surface area (Å²) in [7, 11) is -2.38. The van der Waals surface area contributed by atoms with Crippen LogP contribution in [0.4, 0.5) is 5.69 Å². The Kier molecular flexibility index (Phi) is 6.71. The predicted octanol–water partition coefficient (Wildman–Crippen LogP) is 4.44. The van der Waals surface area contributed by atoms with Crippen LogP contribution in [0.2, 0.25) is 0 Å². The highest BCUT2D eigenvalue weighted by molar-refractivity contribution is 7.92. The van der Waals surface area contributed by atoms with Crippen LogP contribution in [-0.4, -0.2) is 39.4 Å². The third-order valence-electron chi connectivity index (χ3n) is 5.52. The second-order valence-corrected chi connectivity index (χ2v) is 9.63. The van der Waals surface area contributed by atoms with Crippen molar-refractivity contribution in [2.45, 2.75) is 51.3 Å².